The first kappa shape index (κ1) is 16.1. The Kier molecular flexibility index (Phi) is 4.78. The van der Waals surface area contributed by atoms with Crippen molar-refractivity contribution in [3.05, 3.63) is 50.8 Å². The number of nitrogens with one attached hydrogen (secondary N) is 1. The molecule has 0 aliphatic heterocycles. The molecular weight excluding hydrogens is 340 g/mol. The molecule has 1 atom stereocenters. The van der Waals surface area contributed by atoms with Crippen molar-refractivity contribution in [2.75, 3.05) is 7.05 Å². The molecule has 0 aliphatic rings. The number of benzene rings is 1. The molecule has 3 nitrogen and oxygen atoms in total. The zero-order chi connectivity index (χ0) is 15.7. The lowest BCUT2D eigenvalue weighted by Crippen LogP contribution is -2.21. The summed E-state index contributed by atoms with van der Waals surface area (Å²) in [7, 11) is 3.64. The summed E-state index contributed by atoms with van der Waals surface area (Å²) in [6, 6.07) is 2.46. The van der Waals surface area contributed by atoms with Gasteiger partial charge in [0.2, 0.25) is 0 Å². The molecule has 0 radical (unpaired) electrons. The van der Waals surface area contributed by atoms with E-state index in [9.17, 15) is 8.78 Å². The molecule has 0 aliphatic carbocycles. The standard InChI is InChI=1S/C15H18BrF2N3/c1-8-14(9(2)21(4)20-8)13(19-3)7-10-12(17)6-5-11(16)15(10)18/h5-6,13,19H,7H2,1-4H3. The number of nitrogens with zero attached hydrogens (tertiary/aromatic N) is 2. The van der Waals surface area contributed by atoms with Gasteiger partial charge in [0.25, 0.3) is 0 Å². The van der Waals surface area contributed by atoms with Crippen molar-refractivity contribution in [3.63, 3.8) is 0 Å². The molecule has 114 valence electrons. The molecule has 1 heterocycles. The average Bonchev–Trinajstić information content (AvgIpc) is 2.69. The summed E-state index contributed by atoms with van der Waals surface area (Å²) in [6.45, 7) is 3.85. The number of rotatable bonds is 4. The van der Waals surface area contributed by atoms with Crippen LogP contribution in [-0.2, 0) is 13.5 Å². The largest absolute Gasteiger partial charge is 0.313 e. The molecule has 6 heteroatoms. The minimum atomic E-state index is -0.547. The van der Waals surface area contributed by atoms with Crippen molar-refractivity contribution in [1.29, 1.82) is 0 Å². The first-order valence-electron chi connectivity index (χ1n) is 6.66. The van der Waals surface area contributed by atoms with Crippen molar-refractivity contribution in [3.8, 4) is 0 Å². The topological polar surface area (TPSA) is 29.9 Å². The molecule has 0 saturated heterocycles. The van der Waals surface area contributed by atoms with Gasteiger partial charge in [0.15, 0.2) is 0 Å². The second-order valence-corrected chi connectivity index (χ2v) is 5.93. The van der Waals surface area contributed by atoms with Gasteiger partial charge < -0.3 is 5.32 Å². The number of aryl methyl sites for hydroxylation is 2. The molecule has 0 amide bonds. The van der Waals surface area contributed by atoms with Gasteiger partial charge in [-0.2, -0.15) is 5.10 Å². The maximum absolute atomic E-state index is 14.1. The van der Waals surface area contributed by atoms with E-state index in [1.54, 1.807) is 11.7 Å². The van der Waals surface area contributed by atoms with Gasteiger partial charge in [-0.05, 0) is 55.4 Å². The van der Waals surface area contributed by atoms with Crippen LogP contribution in [0, 0.1) is 25.5 Å². The summed E-state index contributed by atoms with van der Waals surface area (Å²) in [6.07, 6.45) is 0.223. The minimum Gasteiger partial charge on any atom is -0.313 e. The van der Waals surface area contributed by atoms with E-state index in [1.807, 2.05) is 20.9 Å². The Bertz CT molecular complexity index is 667. The Morgan fingerprint density at radius 2 is 2.00 bits per heavy atom. The summed E-state index contributed by atoms with van der Waals surface area (Å²) < 4.78 is 30.1. The lowest BCUT2D eigenvalue weighted by atomic mass is 9.97. The van der Waals surface area contributed by atoms with Gasteiger partial charge in [-0.25, -0.2) is 8.78 Å². The SMILES string of the molecule is CNC(Cc1c(F)ccc(Br)c1F)c1c(C)nn(C)c1C. The van der Waals surface area contributed by atoms with Crippen LogP contribution in [0.5, 0.6) is 0 Å². The molecule has 0 fully saturated rings. The fourth-order valence-corrected chi connectivity index (χ4v) is 2.97. The number of hydrogen-bond donors (Lipinski definition) is 1. The molecule has 0 saturated carbocycles. The lowest BCUT2D eigenvalue weighted by molar-refractivity contribution is 0.510. The highest BCUT2D eigenvalue weighted by Crippen LogP contribution is 2.29. The zero-order valence-corrected chi connectivity index (χ0v) is 14.1. The van der Waals surface area contributed by atoms with Gasteiger partial charge in [-0.3, -0.25) is 4.68 Å². The van der Waals surface area contributed by atoms with Gasteiger partial charge in [0.1, 0.15) is 11.6 Å². The molecule has 1 N–H and O–H groups in total. The second-order valence-electron chi connectivity index (χ2n) is 5.08. The van der Waals surface area contributed by atoms with E-state index in [4.69, 9.17) is 0 Å². The van der Waals surface area contributed by atoms with Crippen molar-refractivity contribution in [2.24, 2.45) is 7.05 Å². The van der Waals surface area contributed by atoms with E-state index >= 15 is 0 Å². The third-order valence-corrected chi connectivity index (χ3v) is 4.42. The van der Waals surface area contributed by atoms with Crippen LogP contribution in [0.15, 0.2) is 16.6 Å². The van der Waals surface area contributed by atoms with Gasteiger partial charge >= 0.3 is 0 Å². The van der Waals surface area contributed by atoms with Crippen molar-refractivity contribution < 1.29 is 8.78 Å². The Hall–Kier alpha value is -1.27. The minimum absolute atomic E-state index is 0.0754. The van der Waals surface area contributed by atoms with Crippen LogP contribution in [-0.4, -0.2) is 16.8 Å². The molecule has 21 heavy (non-hydrogen) atoms. The van der Waals surface area contributed by atoms with Crippen LogP contribution in [0.1, 0.15) is 28.6 Å². The van der Waals surface area contributed by atoms with Gasteiger partial charge in [-0.1, -0.05) is 0 Å². The summed E-state index contributed by atoms with van der Waals surface area (Å²) in [5.74, 6) is -1.08. The van der Waals surface area contributed by atoms with Crippen LogP contribution in [0.4, 0.5) is 8.78 Å². The Balaban J connectivity index is 2.43. The van der Waals surface area contributed by atoms with Crippen molar-refractivity contribution in [2.45, 2.75) is 26.3 Å². The van der Waals surface area contributed by atoms with Crippen molar-refractivity contribution >= 4 is 15.9 Å². The number of likely N-dealkylation sites (N-methyl/N-ethyl adjacent to an activating group) is 1. The summed E-state index contributed by atoms with van der Waals surface area (Å²) in [5.41, 5.74) is 2.91. The van der Waals surface area contributed by atoms with Gasteiger partial charge in [-0.15, -0.1) is 0 Å². The second kappa shape index (κ2) is 6.23. The Morgan fingerprint density at radius 3 is 2.52 bits per heavy atom. The molecule has 2 aromatic rings. The molecule has 0 bridgehead atoms. The van der Waals surface area contributed by atoms with E-state index in [0.717, 1.165) is 17.0 Å². The highest BCUT2D eigenvalue weighted by Gasteiger charge is 2.23. The predicted octanol–water partition coefficient (Wildman–Crippen LogP) is 3.58. The maximum atomic E-state index is 14.1. The van der Waals surface area contributed by atoms with E-state index in [2.05, 4.69) is 26.3 Å². The van der Waals surface area contributed by atoms with E-state index in [-0.39, 0.29) is 22.5 Å². The number of hydrogen-bond acceptors (Lipinski definition) is 2. The molecule has 1 aromatic carbocycles. The summed E-state index contributed by atoms with van der Waals surface area (Å²) in [4.78, 5) is 0. The van der Waals surface area contributed by atoms with Crippen molar-refractivity contribution in [1.82, 2.24) is 15.1 Å². The van der Waals surface area contributed by atoms with E-state index in [1.165, 1.54) is 12.1 Å². The van der Waals surface area contributed by atoms with Crippen LogP contribution >= 0.6 is 15.9 Å². The first-order valence-corrected chi connectivity index (χ1v) is 7.45. The van der Waals surface area contributed by atoms with E-state index < -0.39 is 11.6 Å². The Morgan fingerprint density at radius 1 is 1.33 bits per heavy atom. The normalized spacial score (nSPS) is 12.7. The van der Waals surface area contributed by atoms with Crippen LogP contribution in [0.3, 0.4) is 0 Å². The summed E-state index contributed by atoms with van der Waals surface area (Å²) in [5, 5.41) is 7.50. The monoisotopic (exact) mass is 357 g/mol. The summed E-state index contributed by atoms with van der Waals surface area (Å²) >= 11 is 3.10. The molecular formula is C15H18BrF2N3. The predicted molar refractivity (Wildman–Crippen MR) is 82.2 cm³/mol. The van der Waals surface area contributed by atoms with Gasteiger partial charge in [0, 0.05) is 29.9 Å². The number of halogens is 3. The smallest absolute Gasteiger partial charge is 0.143 e. The average molecular weight is 358 g/mol. The fourth-order valence-electron chi connectivity index (χ4n) is 2.60. The quantitative estimate of drug-likeness (QED) is 0.847. The third kappa shape index (κ3) is 3.01. The first-order chi connectivity index (χ1) is 9.86. The molecule has 2 rings (SSSR count). The highest BCUT2D eigenvalue weighted by atomic mass is 79.9. The van der Waals surface area contributed by atoms with Crippen LogP contribution in [0.2, 0.25) is 0 Å². The maximum Gasteiger partial charge on any atom is 0.143 e. The molecule has 1 aromatic heterocycles. The molecule has 0 spiro atoms. The molecule has 1 unspecified atom stereocenters. The Labute approximate surface area is 131 Å². The van der Waals surface area contributed by atoms with Crippen LogP contribution < -0.4 is 5.32 Å². The van der Waals surface area contributed by atoms with Crippen LogP contribution in [0.25, 0.3) is 0 Å². The van der Waals surface area contributed by atoms with E-state index in [0.29, 0.717) is 0 Å². The fraction of sp³-hybridized carbons (Fsp3) is 0.400. The zero-order valence-electron chi connectivity index (χ0n) is 12.5. The van der Waals surface area contributed by atoms with Gasteiger partial charge in [0.05, 0.1) is 10.2 Å². The third-order valence-electron chi connectivity index (χ3n) is 3.81. The highest BCUT2D eigenvalue weighted by molar-refractivity contribution is 9.10. The lowest BCUT2D eigenvalue weighted by Gasteiger charge is -2.18. The number of aromatic nitrogens is 2.